The standard InChI is InChI=1S/C15H25N3O2S/c1-14(2)18(13-15-7-4-3-5-8-15)21(19,20)17-11-6-9-16-10-12-17/h3-5,7-8,14,16H,6,9-13H2,1-2H3. The molecular weight excluding hydrogens is 286 g/mol. The second-order valence-electron chi connectivity index (χ2n) is 5.63. The molecule has 0 saturated carbocycles. The van der Waals surface area contributed by atoms with Gasteiger partial charge in [-0.1, -0.05) is 30.3 Å². The maximum atomic E-state index is 12.9. The van der Waals surface area contributed by atoms with E-state index in [0.717, 1.165) is 25.1 Å². The molecule has 0 aromatic heterocycles. The molecule has 1 aromatic carbocycles. The normalized spacial score (nSPS) is 18.1. The van der Waals surface area contributed by atoms with Crippen molar-refractivity contribution in [3.63, 3.8) is 0 Å². The van der Waals surface area contributed by atoms with Crippen LogP contribution in [0.15, 0.2) is 30.3 Å². The molecule has 0 atom stereocenters. The number of hydrogen-bond acceptors (Lipinski definition) is 3. The van der Waals surface area contributed by atoms with Crippen molar-refractivity contribution in [2.24, 2.45) is 0 Å². The maximum absolute atomic E-state index is 12.9. The smallest absolute Gasteiger partial charge is 0.282 e. The first-order chi connectivity index (χ1) is 10.0. The van der Waals surface area contributed by atoms with E-state index in [1.54, 1.807) is 8.61 Å². The minimum atomic E-state index is -3.42. The molecule has 1 saturated heterocycles. The van der Waals surface area contributed by atoms with E-state index < -0.39 is 10.2 Å². The second kappa shape index (κ2) is 7.35. The van der Waals surface area contributed by atoms with E-state index >= 15 is 0 Å². The zero-order valence-corrected chi connectivity index (χ0v) is 13.6. The molecule has 1 aromatic rings. The van der Waals surface area contributed by atoms with Gasteiger partial charge >= 0.3 is 0 Å². The third kappa shape index (κ3) is 4.26. The number of benzene rings is 1. The van der Waals surface area contributed by atoms with Gasteiger partial charge in [0.1, 0.15) is 0 Å². The van der Waals surface area contributed by atoms with Crippen molar-refractivity contribution in [3.8, 4) is 0 Å². The Morgan fingerprint density at radius 2 is 1.90 bits per heavy atom. The van der Waals surface area contributed by atoms with E-state index in [4.69, 9.17) is 0 Å². The Labute approximate surface area is 128 Å². The van der Waals surface area contributed by atoms with Crippen LogP contribution in [0.3, 0.4) is 0 Å². The summed E-state index contributed by atoms with van der Waals surface area (Å²) in [7, 11) is -3.42. The highest BCUT2D eigenvalue weighted by atomic mass is 32.2. The van der Waals surface area contributed by atoms with Crippen LogP contribution in [0.4, 0.5) is 0 Å². The molecule has 0 amide bonds. The van der Waals surface area contributed by atoms with Crippen molar-refractivity contribution in [1.82, 2.24) is 13.9 Å². The van der Waals surface area contributed by atoms with Crippen molar-refractivity contribution >= 4 is 10.2 Å². The Morgan fingerprint density at radius 1 is 1.19 bits per heavy atom. The van der Waals surface area contributed by atoms with Gasteiger partial charge in [-0.3, -0.25) is 0 Å². The fourth-order valence-electron chi connectivity index (χ4n) is 2.49. The van der Waals surface area contributed by atoms with E-state index in [1.165, 1.54) is 0 Å². The average Bonchev–Trinajstić information content (AvgIpc) is 2.75. The molecule has 0 bridgehead atoms. The second-order valence-corrected chi connectivity index (χ2v) is 7.52. The molecule has 5 nitrogen and oxygen atoms in total. The third-order valence-corrected chi connectivity index (χ3v) is 5.84. The van der Waals surface area contributed by atoms with Crippen LogP contribution < -0.4 is 5.32 Å². The predicted octanol–water partition coefficient (Wildman–Crippen LogP) is 1.44. The van der Waals surface area contributed by atoms with E-state index in [0.29, 0.717) is 19.6 Å². The molecule has 1 N–H and O–H groups in total. The first-order valence-corrected chi connectivity index (χ1v) is 8.93. The largest absolute Gasteiger partial charge is 0.315 e. The van der Waals surface area contributed by atoms with Gasteiger partial charge < -0.3 is 5.32 Å². The van der Waals surface area contributed by atoms with Crippen LogP contribution in [-0.2, 0) is 16.8 Å². The lowest BCUT2D eigenvalue weighted by Crippen LogP contribution is -2.47. The Morgan fingerprint density at radius 3 is 2.57 bits per heavy atom. The molecule has 1 aliphatic rings. The lowest BCUT2D eigenvalue weighted by Gasteiger charge is -2.31. The zero-order valence-electron chi connectivity index (χ0n) is 12.8. The van der Waals surface area contributed by atoms with Gasteiger partial charge in [-0.2, -0.15) is 17.0 Å². The van der Waals surface area contributed by atoms with Crippen LogP contribution in [0.2, 0.25) is 0 Å². The summed E-state index contributed by atoms with van der Waals surface area (Å²) in [6.45, 7) is 7.01. The average molecular weight is 311 g/mol. The lowest BCUT2D eigenvalue weighted by atomic mass is 10.2. The van der Waals surface area contributed by atoms with Crippen LogP contribution in [0, 0.1) is 0 Å². The first-order valence-electron chi connectivity index (χ1n) is 7.53. The van der Waals surface area contributed by atoms with Gasteiger partial charge in [-0.05, 0) is 32.4 Å². The zero-order chi connectivity index (χ0) is 15.3. The van der Waals surface area contributed by atoms with E-state index in [2.05, 4.69) is 5.32 Å². The Kier molecular flexibility index (Phi) is 5.75. The fraction of sp³-hybridized carbons (Fsp3) is 0.600. The van der Waals surface area contributed by atoms with E-state index in [9.17, 15) is 8.42 Å². The molecule has 0 spiro atoms. The van der Waals surface area contributed by atoms with Gasteiger partial charge in [-0.15, -0.1) is 0 Å². The minimum Gasteiger partial charge on any atom is -0.315 e. The monoisotopic (exact) mass is 311 g/mol. The van der Waals surface area contributed by atoms with Crippen LogP contribution >= 0.6 is 0 Å². The van der Waals surface area contributed by atoms with Gasteiger partial charge in [0.2, 0.25) is 0 Å². The molecule has 1 fully saturated rings. The molecule has 6 heteroatoms. The van der Waals surface area contributed by atoms with E-state index in [-0.39, 0.29) is 6.04 Å². The number of nitrogens with zero attached hydrogens (tertiary/aromatic N) is 2. The van der Waals surface area contributed by atoms with Crippen molar-refractivity contribution in [3.05, 3.63) is 35.9 Å². The minimum absolute atomic E-state index is 0.0635. The van der Waals surface area contributed by atoms with Gasteiger partial charge in [0.25, 0.3) is 10.2 Å². The van der Waals surface area contributed by atoms with Crippen LogP contribution in [0.5, 0.6) is 0 Å². The third-order valence-electron chi connectivity index (χ3n) is 3.68. The summed E-state index contributed by atoms with van der Waals surface area (Å²) in [4.78, 5) is 0. The molecule has 1 aliphatic heterocycles. The van der Waals surface area contributed by atoms with Crippen LogP contribution in [-0.4, -0.2) is 49.2 Å². The van der Waals surface area contributed by atoms with Crippen molar-refractivity contribution in [1.29, 1.82) is 0 Å². The highest BCUT2D eigenvalue weighted by Gasteiger charge is 2.31. The summed E-state index contributed by atoms with van der Waals surface area (Å²) in [5.74, 6) is 0. The van der Waals surface area contributed by atoms with E-state index in [1.807, 2.05) is 44.2 Å². The van der Waals surface area contributed by atoms with Gasteiger partial charge in [0.05, 0.1) is 0 Å². The SMILES string of the molecule is CC(C)N(Cc1ccccc1)S(=O)(=O)N1CCCNCC1. The highest BCUT2D eigenvalue weighted by molar-refractivity contribution is 7.86. The number of hydrogen-bond donors (Lipinski definition) is 1. The maximum Gasteiger partial charge on any atom is 0.282 e. The van der Waals surface area contributed by atoms with Gasteiger partial charge in [-0.25, -0.2) is 0 Å². The predicted molar refractivity (Wildman–Crippen MR) is 85.1 cm³/mol. The molecular formula is C15H25N3O2S. The Hall–Kier alpha value is -0.950. The number of rotatable bonds is 5. The molecule has 1 heterocycles. The first kappa shape index (κ1) is 16.4. The lowest BCUT2D eigenvalue weighted by molar-refractivity contribution is 0.303. The molecule has 0 aliphatic carbocycles. The van der Waals surface area contributed by atoms with Gasteiger partial charge in [0, 0.05) is 32.2 Å². The van der Waals surface area contributed by atoms with Crippen LogP contribution in [0.25, 0.3) is 0 Å². The summed E-state index contributed by atoms with van der Waals surface area (Å²) in [5.41, 5.74) is 1.02. The summed E-state index contributed by atoms with van der Waals surface area (Å²) < 4.78 is 29.0. The number of nitrogens with one attached hydrogen (secondary N) is 1. The van der Waals surface area contributed by atoms with Crippen molar-refractivity contribution in [2.75, 3.05) is 26.2 Å². The molecule has 21 heavy (non-hydrogen) atoms. The summed E-state index contributed by atoms with van der Waals surface area (Å²) in [6, 6.07) is 9.70. The summed E-state index contributed by atoms with van der Waals surface area (Å²) in [6.07, 6.45) is 0.858. The molecule has 0 unspecified atom stereocenters. The molecule has 118 valence electrons. The van der Waals surface area contributed by atoms with Crippen molar-refractivity contribution in [2.45, 2.75) is 32.9 Å². The fourth-order valence-corrected chi connectivity index (χ4v) is 4.32. The quantitative estimate of drug-likeness (QED) is 0.895. The topological polar surface area (TPSA) is 52.7 Å². The van der Waals surface area contributed by atoms with Crippen LogP contribution in [0.1, 0.15) is 25.8 Å². The Bertz CT molecular complexity index is 523. The molecule has 0 radical (unpaired) electrons. The highest BCUT2D eigenvalue weighted by Crippen LogP contribution is 2.17. The van der Waals surface area contributed by atoms with Crippen molar-refractivity contribution < 1.29 is 8.42 Å². The molecule has 2 rings (SSSR count). The van der Waals surface area contributed by atoms with Gasteiger partial charge in [0.15, 0.2) is 0 Å². The summed E-state index contributed by atoms with van der Waals surface area (Å²) >= 11 is 0. The summed E-state index contributed by atoms with van der Waals surface area (Å²) in [5, 5.41) is 3.24. The Balaban J connectivity index is 2.19.